The molecule has 6 nitrogen and oxygen atoms in total. The number of aromatic nitrogens is 2. The first-order valence-corrected chi connectivity index (χ1v) is 6.03. The highest BCUT2D eigenvalue weighted by molar-refractivity contribution is 5.76. The van der Waals surface area contributed by atoms with Gasteiger partial charge in [0, 0.05) is 7.11 Å². The number of nitrogens with zero attached hydrogens (tertiary/aromatic N) is 2. The van der Waals surface area contributed by atoms with E-state index in [4.69, 9.17) is 19.9 Å². The summed E-state index contributed by atoms with van der Waals surface area (Å²) in [6.07, 6.45) is 0. The summed E-state index contributed by atoms with van der Waals surface area (Å²) in [5.41, 5.74) is 7.30. The lowest BCUT2D eigenvalue weighted by Crippen LogP contribution is -2.12. The van der Waals surface area contributed by atoms with Gasteiger partial charge in [-0.05, 0) is 12.1 Å². The maximum absolute atomic E-state index is 5.79. The zero-order valence-electron chi connectivity index (χ0n) is 10.8. The third-order valence-corrected chi connectivity index (χ3v) is 2.46. The van der Waals surface area contributed by atoms with Crippen molar-refractivity contribution in [1.29, 1.82) is 0 Å². The predicted octanol–water partition coefficient (Wildman–Crippen LogP) is 1.25. The van der Waals surface area contributed by atoms with Crippen LogP contribution in [0.2, 0.25) is 0 Å². The minimum atomic E-state index is 0.288. The fourth-order valence-corrected chi connectivity index (χ4v) is 1.55. The van der Waals surface area contributed by atoms with Crippen molar-refractivity contribution in [2.45, 2.75) is 0 Å². The summed E-state index contributed by atoms with van der Waals surface area (Å²) in [6.45, 7) is 1.94. The number of para-hydroxylation sites is 2. The van der Waals surface area contributed by atoms with Crippen LogP contribution in [0.3, 0.4) is 0 Å². The molecule has 1 aromatic carbocycles. The van der Waals surface area contributed by atoms with Crippen LogP contribution >= 0.6 is 0 Å². The zero-order valence-corrected chi connectivity index (χ0v) is 10.8. The second-order valence-corrected chi connectivity index (χ2v) is 3.86. The molecule has 0 amide bonds. The van der Waals surface area contributed by atoms with Gasteiger partial charge in [-0.3, -0.25) is 0 Å². The topological polar surface area (TPSA) is 79.5 Å². The maximum Gasteiger partial charge on any atom is 0.257 e. The fourth-order valence-electron chi connectivity index (χ4n) is 1.55. The third-order valence-electron chi connectivity index (χ3n) is 2.46. The first-order chi connectivity index (χ1) is 9.31. The quantitative estimate of drug-likeness (QED) is 0.757. The number of anilines is 1. The summed E-state index contributed by atoms with van der Waals surface area (Å²) < 4.78 is 15.6. The highest BCUT2D eigenvalue weighted by Crippen LogP contribution is 2.20. The van der Waals surface area contributed by atoms with Gasteiger partial charge in [0.05, 0.1) is 30.9 Å². The van der Waals surface area contributed by atoms with Gasteiger partial charge in [0.15, 0.2) is 5.82 Å². The third kappa shape index (κ3) is 3.77. The molecule has 0 unspecified atom stereocenters. The number of hydrogen-bond donors (Lipinski definition) is 1. The molecule has 0 bridgehead atoms. The number of methoxy groups -OCH3 is 1. The second-order valence-electron chi connectivity index (χ2n) is 3.86. The van der Waals surface area contributed by atoms with Gasteiger partial charge < -0.3 is 19.9 Å². The SMILES string of the molecule is COCCOCCOc1nc2ccccc2nc1N. The van der Waals surface area contributed by atoms with Crippen LogP contribution in [0.5, 0.6) is 5.88 Å². The van der Waals surface area contributed by atoms with Gasteiger partial charge in [-0.1, -0.05) is 12.1 Å². The minimum absolute atomic E-state index is 0.288. The monoisotopic (exact) mass is 263 g/mol. The summed E-state index contributed by atoms with van der Waals surface area (Å²) in [7, 11) is 1.63. The molecule has 0 spiro atoms. The van der Waals surface area contributed by atoms with Crippen LogP contribution in [-0.4, -0.2) is 43.5 Å². The molecule has 2 N–H and O–H groups in total. The van der Waals surface area contributed by atoms with Gasteiger partial charge in [-0.2, -0.15) is 0 Å². The molecule has 0 aliphatic rings. The van der Waals surface area contributed by atoms with E-state index in [1.165, 1.54) is 0 Å². The van der Waals surface area contributed by atoms with Crippen molar-refractivity contribution in [3.05, 3.63) is 24.3 Å². The lowest BCUT2D eigenvalue weighted by Gasteiger charge is -2.08. The smallest absolute Gasteiger partial charge is 0.257 e. The molecule has 0 fully saturated rings. The number of hydrogen-bond acceptors (Lipinski definition) is 6. The van der Waals surface area contributed by atoms with E-state index in [0.29, 0.717) is 32.3 Å². The number of nitrogen functional groups attached to an aromatic ring is 1. The molecular formula is C13H17N3O3. The van der Waals surface area contributed by atoms with Crippen LogP contribution < -0.4 is 10.5 Å². The standard InChI is InChI=1S/C13H17N3O3/c1-17-6-7-18-8-9-19-13-12(14)15-10-4-2-3-5-11(10)16-13/h2-5H,6-9H2,1H3,(H2,14,15). The molecule has 0 saturated heterocycles. The van der Waals surface area contributed by atoms with E-state index in [2.05, 4.69) is 9.97 Å². The Bertz CT molecular complexity index is 534. The number of nitrogens with two attached hydrogens (primary N) is 1. The Hall–Kier alpha value is -1.92. The van der Waals surface area contributed by atoms with E-state index in [0.717, 1.165) is 11.0 Å². The van der Waals surface area contributed by atoms with Crippen LogP contribution in [0.4, 0.5) is 5.82 Å². The highest BCUT2D eigenvalue weighted by Gasteiger charge is 2.06. The van der Waals surface area contributed by atoms with Crippen molar-refractivity contribution in [3.8, 4) is 5.88 Å². The summed E-state index contributed by atoms with van der Waals surface area (Å²) >= 11 is 0. The Kier molecular flexibility index (Phi) is 4.88. The maximum atomic E-state index is 5.79. The van der Waals surface area contributed by atoms with E-state index in [1.807, 2.05) is 24.3 Å². The molecule has 0 aliphatic heterocycles. The first-order valence-electron chi connectivity index (χ1n) is 6.03. The van der Waals surface area contributed by atoms with E-state index in [9.17, 15) is 0 Å². The lowest BCUT2D eigenvalue weighted by atomic mass is 10.3. The molecule has 0 radical (unpaired) electrons. The van der Waals surface area contributed by atoms with Gasteiger partial charge in [0.1, 0.15) is 6.61 Å². The molecular weight excluding hydrogens is 246 g/mol. The van der Waals surface area contributed by atoms with Crippen molar-refractivity contribution in [2.75, 3.05) is 39.3 Å². The molecule has 102 valence electrons. The molecule has 2 rings (SSSR count). The van der Waals surface area contributed by atoms with Crippen LogP contribution in [-0.2, 0) is 9.47 Å². The summed E-state index contributed by atoms with van der Waals surface area (Å²) in [6, 6.07) is 7.51. The molecule has 1 heterocycles. The second kappa shape index (κ2) is 6.86. The largest absolute Gasteiger partial charge is 0.473 e. The number of fused-ring (bicyclic) bond motifs is 1. The summed E-state index contributed by atoms with van der Waals surface area (Å²) in [5, 5.41) is 0. The van der Waals surface area contributed by atoms with E-state index >= 15 is 0 Å². The molecule has 6 heteroatoms. The molecule has 2 aromatic rings. The van der Waals surface area contributed by atoms with Crippen molar-refractivity contribution in [1.82, 2.24) is 9.97 Å². The average molecular weight is 263 g/mol. The van der Waals surface area contributed by atoms with E-state index < -0.39 is 0 Å². The summed E-state index contributed by atoms with van der Waals surface area (Å²) in [5.74, 6) is 0.629. The van der Waals surface area contributed by atoms with Crippen LogP contribution in [0.1, 0.15) is 0 Å². The van der Waals surface area contributed by atoms with Crippen LogP contribution in [0, 0.1) is 0 Å². The Morgan fingerprint density at radius 1 is 1.00 bits per heavy atom. The number of rotatable bonds is 7. The average Bonchev–Trinajstić information content (AvgIpc) is 2.43. The molecule has 19 heavy (non-hydrogen) atoms. The molecule has 0 aliphatic carbocycles. The van der Waals surface area contributed by atoms with E-state index in [1.54, 1.807) is 7.11 Å². The Morgan fingerprint density at radius 3 is 2.42 bits per heavy atom. The van der Waals surface area contributed by atoms with Crippen molar-refractivity contribution >= 4 is 16.9 Å². The minimum Gasteiger partial charge on any atom is -0.473 e. The first kappa shape index (κ1) is 13.5. The van der Waals surface area contributed by atoms with Gasteiger partial charge in [0.25, 0.3) is 5.88 Å². The van der Waals surface area contributed by atoms with Crippen molar-refractivity contribution in [3.63, 3.8) is 0 Å². The van der Waals surface area contributed by atoms with Gasteiger partial charge in [-0.25, -0.2) is 9.97 Å². The number of benzene rings is 1. The Morgan fingerprint density at radius 2 is 1.68 bits per heavy atom. The normalized spacial score (nSPS) is 10.8. The van der Waals surface area contributed by atoms with Crippen LogP contribution in [0.15, 0.2) is 24.3 Å². The molecule has 0 saturated carbocycles. The van der Waals surface area contributed by atoms with Gasteiger partial charge in [-0.15, -0.1) is 0 Å². The lowest BCUT2D eigenvalue weighted by molar-refractivity contribution is 0.0538. The fraction of sp³-hybridized carbons (Fsp3) is 0.385. The Labute approximate surface area is 111 Å². The molecule has 1 aromatic heterocycles. The van der Waals surface area contributed by atoms with Crippen molar-refractivity contribution in [2.24, 2.45) is 0 Å². The van der Waals surface area contributed by atoms with Crippen molar-refractivity contribution < 1.29 is 14.2 Å². The van der Waals surface area contributed by atoms with Gasteiger partial charge >= 0.3 is 0 Å². The molecule has 0 atom stereocenters. The summed E-state index contributed by atoms with van der Waals surface area (Å²) in [4.78, 5) is 8.55. The number of ether oxygens (including phenoxy) is 3. The highest BCUT2D eigenvalue weighted by atomic mass is 16.5. The Balaban J connectivity index is 1.91. The van der Waals surface area contributed by atoms with E-state index in [-0.39, 0.29) is 5.82 Å². The van der Waals surface area contributed by atoms with Gasteiger partial charge in [0.2, 0.25) is 0 Å². The predicted molar refractivity (Wildman–Crippen MR) is 72.1 cm³/mol. The van der Waals surface area contributed by atoms with Crippen LogP contribution in [0.25, 0.3) is 11.0 Å². The zero-order chi connectivity index (χ0) is 13.5.